The number of benzene rings is 1. The van der Waals surface area contributed by atoms with Crippen molar-refractivity contribution in [2.75, 3.05) is 0 Å². The van der Waals surface area contributed by atoms with Gasteiger partial charge in [0.05, 0.1) is 5.75 Å². The highest BCUT2D eigenvalue weighted by Crippen LogP contribution is 2.21. The lowest BCUT2D eigenvalue weighted by Gasteiger charge is -2.12. The Hall–Kier alpha value is -0.875. The zero-order valence-electron chi connectivity index (χ0n) is 9.95. The van der Waals surface area contributed by atoms with Crippen molar-refractivity contribution in [2.45, 2.75) is 12.7 Å². The molecular weight excluding hydrogens is 337 g/mol. The van der Waals surface area contributed by atoms with Crippen LogP contribution in [-0.4, -0.2) is 34.0 Å². The Morgan fingerprint density at radius 1 is 1.30 bits per heavy atom. The molecular formula is C8H9BClFO7S2. The van der Waals surface area contributed by atoms with Gasteiger partial charge in [-0.1, -0.05) is 3.89 Å². The van der Waals surface area contributed by atoms with Gasteiger partial charge in [0, 0.05) is 10.7 Å². The predicted molar refractivity (Wildman–Crippen MR) is 70.1 cm³/mol. The molecule has 1 aromatic carbocycles. The first-order chi connectivity index (χ1) is 8.89. The normalized spacial score (nSPS) is 12.2. The fraction of sp³-hybridized carbons (Fsp3) is 0.250. The quantitative estimate of drug-likeness (QED) is 0.536. The van der Waals surface area contributed by atoms with Crippen molar-refractivity contribution in [3.63, 3.8) is 0 Å². The highest BCUT2D eigenvalue weighted by Gasteiger charge is 2.22. The van der Waals surface area contributed by atoms with Crippen LogP contribution < -0.4 is 9.65 Å². The molecule has 1 aromatic rings. The molecule has 0 aliphatic carbocycles. The minimum Gasteiger partial charge on any atom is -0.423 e. The van der Waals surface area contributed by atoms with E-state index >= 15 is 0 Å². The van der Waals surface area contributed by atoms with Crippen LogP contribution >= 0.6 is 10.7 Å². The summed E-state index contributed by atoms with van der Waals surface area (Å²) in [6.07, 6.45) is 0. The van der Waals surface area contributed by atoms with E-state index in [9.17, 15) is 20.7 Å². The fourth-order valence-electron chi connectivity index (χ4n) is 1.54. The third kappa shape index (κ3) is 5.25. The second-order valence-electron chi connectivity index (χ2n) is 3.83. The average molecular weight is 347 g/mol. The van der Waals surface area contributed by atoms with E-state index in [1.54, 1.807) is 0 Å². The van der Waals surface area contributed by atoms with Gasteiger partial charge >= 0.3 is 17.6 Å². The summed E-state index contributed by atoms with van der Waals surface area (Å²) in [4.78, 5) is 0. The molecule has 0 atom stereocenters. The van der Waals surface area contributed by atoms with E-state index in [0.29, 0.717) is 0 Å². The molecule has 0 heterocycles. The van der Waals surface area contributed by atoms with E-state index in [4.69, 9.17) is 20.7 Å². The van der Waals surface area contributed by atoms with Crippen LogP contribution in [0, 0.1) is 6.92 Å². The van der Waals surface area contributed by atoms with Gasteiger partial charge in [0.25, 0.3) is 0 Å². The molecule has 0 bridgehead atoms. The predicted octanol–water partition coefficient (Wildman–Crippen LogP) is -0.663. The number of hydrogen-bond donors (Lipinski definition) is 2. The molecule has 0 unspecified atom stereocenters. The molecule has 7 nitrogen and oxygen atoms in total. The second kappa shape index (κ2) is 5.86. The average Bonchev–Trinajstić information content (AvgIpc) is 2.17. The van der Waals surface area contributed by atoms with Gasteiger partial charge in [0.1, 0.15) is 5.75 Å². The largest absolute Gasteiger partial charge is 0.488 e. The van der Waals surface area contributed by atoms with Crippen LogP contribution in [0.4, 0.5) is 3.89 Å². The molecule has 1 rings (SSSR count). The van der Waals surface area contributed by atoms with Crippen molar-refractivity contribution in [3.8, 4) is 5.75 Å². The van der Waals surface area contributed by atoms with Crippen molar-refractivity contribution < 1.29 is 35.0 Å². The molecule has 0 saturated carbocycles. The van der Waals surface area contributed by atoms with Crippen LogP contribution in [0.15, 0.2) is 12.1 Å². The summed E-state index contributed by atoms with van der Waals surface area (Å²) in [6, 6.07) is 1.79. The topological polar surface area (TPSA) is 118 Å². The molecule has 0 spiro atoms. The molecule has 0 aromatic heterocycles. The lowest BCUT2D eigenvalue weighted by molar-refractivity contribution is 0.423. The van der Waals surface area contributed by atoms with Gasteiger partial charge in [-0.25, -0.2) is 8.42 Å². The van der Waals surface area contributed by atoms with Gasteiger partial charge in [0.2, 0.25) is 9.05 Å². The van der Waals surface area contributed by atoms with Crippen molar-refractivity contribution in [1.29, 1.82) is 0 Å². The van der Waals surface area contributed by atoms with Crippen molar-refractivity contribution in [3.05, 3.63) is 23.3 Å². The van der Waals surface area contributed by atoms with Crippen LogP contribution in [-0.2, 0) is 25.3 Å². The summed E-state index contributed by atoms with van der Waals surface area (Å²) in [7, 11) is -6.29. The minimum absolute atomic E-state index is 0.0516. The molecule has 0 radical (unpaired) electrons. The fourth-order valence-corrected chi connectivity index (χ4v) is 2.89. The van der Waals surface area contributed by atoms with E-state index in [-0.39, 0.29) is 16.6 Å². The van der Waals surface area contributed by atoms with E-state index in [0.717, 1.165) is 12.1 Å². The van der Waals surface area contributed by atoms with E-state index < -0.39 is 38.2 Å². The Morgan fingerprint density at radius 3 is 2.25 bits per heavy atom. The summed E-state index contributed by atoms with van der Waals surface area (Å²) in [5.41, 5.74) is -0.140. The third-order valence-electron chi connectivity index (χ3n) is 2.33. The molecule has 12 heteroatoms. The lowest BCUT2D eigenvalue weighted by atomic mass is 9.76. The van der Waals surface area contributed by atoms with Crippen LogP contribution in [0.1, 0.15) is 11.1 Å². The highest BCUT2D eigenvalue weighted by atomic mass is 35.7. The van der Waals surface area contributed by atoms with Gasteiger partial charge in [-0.15, -0.1) is 0 Å². The van der Waals surface area contributed by atoms with Gasteiger partial charge in [-0.3, -0.25) is 0 Å². The Balaban J connectivity index is 3.42. The molecule has 0 amide bonds. The summed E-state index contributed by atoms with van der Waals surface area (Å²) in [5.74, 6) is -1.32. The van der Waals surface area contributed by atoms with E-state index in [1.807, 2.05) is 0 Å². The first kappa shape index (κ1) is 17.2. The molecule has 112 valence electrons. The Labute approximate surface area is 119 Å². The number of hydrogen-bond acceptors (Lipinski definition) is 7. The van der Waals surface area contributed by atoms with E-state index in [1.165, 1.54) is 6.92 Å². The molecule has 2 N–H and O–H groups in total. The zero-order chi connectivity index (χ0) is 15.7. The van der Waals surface area contributed by atoms with Crippen LogP contribution in [0.5, 0.6) is 5.75 Å². The lowest BCUT2D eigenvalue weighted by Crippen LogP contribution is -2.33. The van der Waals surface area contributed by atoms with Crippen LogP contribution in [0.25, 0.3) is 0 Å². The van der Waals surface area contributed by atoms with Gasteiger partial charge in [-0.05, 0) is 35.6 Å². The van der Waals surface area contributed by atoms with E-state index in [2.05, 4.69) is 4.18 Å². The summed E-state index contributed by atoms with van der Waals surface area (Å²) in [6.45, 7) is 1.36. The maximum absolute atomic E-state index is 12.5. The highest BCUT2D eigenvalue weighted by molar-refractivity contribution is 8.13. The monoisotopic (exact) mass is 346 g/mol. The summed E-state index contributed by atoms with van der Waals surface area (Å²) >= 11 is 0. The maximum Gasteiger partial charge on any atom is 0.488 e. The van der Waals surface area contributed by atoms with Gasteiger partial charge in [0.15, 0.2) is 0 Å². The molecule has 0 aliphatic rings. The summed E-state index contributed by atoms with van der Waals surface area (Å²) in [5, 5.41) is 18.2. The molecule has 20 heavy (non-hydrogen) atoms. The Morgan fingerprint density at radius 2 is 1.85 bits per heavy atom. The van der Waals surface area contributed by atoms with Crippen molar-refractivity contribution in [2.24, 2.45) is 0 Å². The summed E-state index contributed by atoms with van der Waals surface area (Å²) < 4.78 is 59.3. The van der Waals surface area contributed by atoms with Crippen molar-refractivity contribution in [1.82, 2.24) is 0 Å². The number of rotatable bonds is 5. The smallest absolute Gasteiger partial charge is 0.423 e. The van der Waals surface area contributed by atoms with Gasteiger partial charge < -0.3 is 14.2 Å². The minimum atomic E-state index is -5.34. The maximum atomic E-state index is 12.5. The Kier molecular flexibility index (Phi) is 5.03. The number of halogens is 2. The third-order valence-corrected chi connectivity index (χ3v) is 3.71. The SMILES string of the molecule is Cc1c(CS(=O)(=O)Cl)cc(OS(=O)(=O)F)cc1B(O)O. The Bertz CT molecular complexity index is 717. The molecule has 0 aliphatic heterocycles. The van der Waals surface area contributed by atoms with Crippen molar-refractivity contribution >= 4 is 42.8 Å². The van der Waals surface area contributed by atoms with Crippen LogP contribution in [0.3, 0.4) is 0 Å². The molecule has 0 fully saturated rings. The standard InChI is InChI=1S/C8H9BClFO7S2/c1-5-6(4-19(10,14)15)2-7(18-20(11,16)17)3-8(5)9(12)13/h2-3,12-13H,4H2,1H3. The first-order valence-electron chi connectivity index (χ1n) is 4.95. The van der Waals surface area contributed by atoms with Gasteiger partial charge in [-0.2, -0.15) is 8.42 Å². The zero-order valence-corrected chi connectivity index (χ0v) is 12.3. The first-order valence-corrected chi connectivity index (χ1v) is 8.74. The second-order valence-corrected chi connectivity index (χ2v) is 7.56. The molecule has 0 saturated heterocycles. The van der Waals surface area contributed by atoms with Crippen LogP contribution in [0.2, 0.25) is 0 Å².